The zero-order chi connectivity index (χ0) is 27.8. The smallest absolute Gasteiger partial charge is 0.490 e. The van der Waals surface area contributed by atoms with Gasteiger partial charge in [-0.25, -0.2) is 13.2 Å². The van der Waals surface area contributed by atoms with Crippen molar-refractivity contribution >= 4 is 21.7 Å². The largest absolute Gasteiger partial charge is 0.492 e. The Morgan fingerprint density at radius 1 is 1.11 bits per heavy atom. The molecule has 0 spiro atoms. The molecule has 1 aromatic carbocycles. The normalized spacial score (nSPS) is 14.3. The van der Waals surface area contributed by atoms with E-state index in [-0.39, 0.29) is 5.91 Å². The maximum Gasteiger partial charge on any atom is 0.490 e. The molecule has 0 radical (unpaired) electrons. The first-order chi connectivity index (χ1) is 17.2. The van der Waals surface area contributed by atoms with Crippen LogP contribution in [0.1, 0.15) is 26.7 Å². The number of alkyl halides is 3. The van der Waals surface area contributed by atoms with E-state index >= 15 is 0 Å². The Labute approximate surface area is 213 Å². The van der Waals surface area contributed by atoms with Crippen LogP contribution in [0.15, 0.2) is 59.1 Å². The molecule has 1 aliphatic rings. The summed E-state index contributed by atoms with van der Waals surface area (Å²) in [5, 5.41) is 7.12. The van der Waals surface area contributed by atoms with Gasteiger partial charge in [0.25, 0.3) is 0 Å². The van der Waals surface area contributed by atoms with Gasteiger partial charge >= 0.3 is 12.1 Å². The van der Waals surface area contributed by atoms with E-state index in [9.17, 15) is 26.4 Å². The third-order valence-electron chi connectivity index (χ3n) is 5.38. The molecule has 1 N–H and O–H groups in total. The Morgan fingerprint density at radius 3 is 2.11 bits per heavy atom. The van der Waals surface area contributed by atoms with Crippen LogP contribution in [0, 0.1) is 5.92 Å². The minimum absolute atomic E-state index is 0.0960. The number of amides is 1. The average Bonchev–Trinajstić information content (AvgIpc) is 2.82. The molecule has 0 atom stereocenters. The Balaban J connectivity index is 0.000000604. The third kappa shape index (κ3) is 9.87. The molecule has 2 heterocycles. The highest BCUT2D eigenvalue weighted by Crippen LogP contribution is 2.23. The van der Waals surface area contributed by atoms with Crippen LogP contribution in [0.4, 0.5) is 13.2 Å². The summed E-state index contributed by atoms with van der Waals surface area (Å²) in [6.45, 7) is 5.99. The second-order valence-electron chi connectivity index (χ2n) is 8.78. The number of rotatable bonds is 6. The summed E-state index contributed by atoms with van der Waals surface area (Å²) < 4.78 is 60.8. The fourth-order valence-corrected chi connectivity index (χ4v) is 4.01. The van der Waals surface area contributed by atoms with Crippen molar-refractivity contribution in [3.63, 3.8) is 0 Å². The van der Waals surface area contributed by atoms with Gasteiger partial charge in [0.05, 0.1) is 23.4 Å². The van der Waals surface area contributed by atoms with E-state index in [2.05, 4.69) is 4.98 Å². The van der Waals surface area contributed by atoms with Gasteiger partial charge in [0.1, 0.15) is 5.75 Å². The van der Waals surface area contributed by atoms with Crippen molar-refractivity contribution < 1.29 is 41.0 Å². The summed E-state index contributed by atoms with van der Waals surface area (Å²) in [5.74, 6) is -1.54. The number of sulfone groups is 1. The van der Waals surface area contributed by atoms with Crippen LogP contribution < -0.4 is 4.74 Å². The molecule has 1 aromatic heterocycles. The predicted molar refractivity (Wildman–Crippen MR) is 131 cm³/mol. The maximum atomic E-state index is 12.1. The summed E-state index contributed by atoms with van der Waals surface area (Å²) >= 11 is 0. The van der Waals surface area contributed by atoms with Gasteiger partial charge in [0, 0.05) is 31.0 Å². The Bertz CT molecular complexity index is 1200. The number of hydrogen-bond acceptors (Lipinski definition) is 6. The quantitative estimate of drug-likeness (QED) is 0.539. The second kappa shape index (κ2) is 12.7. The maximum absolute atomic E-state index is 12.1. The Kier molecular flexibility index (Phi) is 10.2. The van der Waals surface area contributed by atoms with Crippen molar-refractivity contribution in [2.45, 2.75) is 37.8 Å². The molecule has 8 nitrogen and oxygen atoms in total. The first-order valence-corrected chi connectivity index (χ1v) is 13.2. The van der Waals surface area contributed by atoms with Gasteiger partial charge in [-0.3, -0.25) is 9.78 Å². The first-order valence-electron chi connectivity index (χ1n) is 11.3. The van der Waals surface area contributed by atoms with Gasteiger partial charge in [-0.1, -0.05) is 17.7 Å². The molecule has 0 aliphatic carbocycles. The molecular weight excluding hydrogens is 513 g/mol. The molecule has 0 unspecified atom stereocenters. The number of allylic oxidation sites excluding steroid dienone is 1. The standard InChI is InChI=1S/C23H28N2O4S.C2HF3O2/c1-17(2)14-23(26)25-12-10-18(11-13-25)16-29-20-6-9-22(24-15-20)19-4-7-21(8-5-19)30(3,27)28;3-2(4,5)1(6)7/h4-9,14-15,18H,10-13,16H2,1-3H3;(H,6,7). The van der Waals surface area contributed by atoms with Crippen molar-refractivity contribution in [1.82, 2.24) is 9.88 Å². The van der Waals surface area contributed by atoms with E-state index in [0.29, 0.717) is 23.2 Å². The SMILES string of the molecule is CC(C)=CC(=O)N1CCC(COc2ccc(-c3ccc(S(C)(=O)=O)cc3)nc2)CC1.O=C(O)C(F)(F)F. The Hall–Kier alpha value is -3.41. The fraction of sp³-hybridized carbons (Fsp3) is 0.400. The van der Waals surface area contributed by atoms with E-state index in [1.165, 1.54) is 6.26 Å². The highest BCUT2D eigenvalue weighted by atomic mass is 32.2. The van der Waals surface area contributed by atoms with Gasteiger partial charge in [0.2, 0.25) is 5.91 Å². The molecule has 2 aromatic rings. The summed E-state index contributed by atoms with van der Waals surface area (Å²) in [7, 11) is -3.21. The number of halogens is 3. The number of piperidine rings is 1. The van der Waals surface area contributed by atoms with Gasteiger partial charge in [-0.05, 0) is 56.9 Å². The summed E-state index contributed by atoms with van der Waals surface area (Å²) in [4.78, 5) is 27.6. The zero-order valence-corrected chi connectivity index (χ0v) is 21.5. The molecular formula is C25H29F3N2O6S. The number of carbonyl (C=O) groups excluding carboxylic acids is 1. The molecule has 37 heavy (non-hydrogen) atoms. The monoisotopic (exact) mass is 542 g/mol. The van der Waals surface area contributed by atoms with Crippen LogP contribution in [-0.4, -0.2) is 67.4 Å². The van der Waals surface area contributed by atoms with Crippen LogP contribution in [0.3, 0.4) is 0 Å². The molecule has 12 heteroatoms. The second-order valence-corrected chi connectivity index (χ2v) is 10.8. The van der Waals surface area contributed by atoms with E-state index in [1.807, 2.05) is 30.9 Å². The lowest BCUT2D eigenvalue weighted by molar-refractivity contribution is -0.192. The number of aromatic nitrogens is 1. The Morgan fingerprint density at radius 2 is 1.68 bits per heavy atom. The molecule has 1 aliphatic heterocycles. The lowest BCUT2D eigenvalue weighted by Crippen LogP contribution is -2.39. The lowest BCUT2D eigenvalue weighted by Gasteiger charge is -2.31. The molecule has 0 bridgehead atoms. The molecule has 202 valence electrons. The number of carbonyl (C=O) groups is 2. The van der Waals surface area contributed by atoms with E-state index < -0.39 is 22.0 Å². The molecule has 1 amide bonds. The average molecular weight is 543 g/mol. The number of ether oxygens (including phenoxy) is 1. The number of likely N-dealkylation sites (tertiary alicyclic amines) is 1. The number of benzene rings is 1. The number of carboxylic acids is 1. The molecule has 3 rings (SSSR count). The molecule has 0 saturated carbocycles. The summed E-state index contributed by atoms with van der Waals surface area (Å²) in [5.41, 5.74) is 2.63. The third-order valence-corrected chi connectivity index (χ3v) is 6.51. The van der Waals surface area contributed by atoms with Crippen LogP contribution in [0.25, 0.3) is 11.3 Å². The van der Waals surface area contributed by atoms with Crippen molar-refractivity contribution in [3.8, 4) is 17.0 Å². The van der Waals surface area contributed by atoms with Crippen LogP contribution in [0.2, 0.25) is 0 Å². The van der Waals surface area contributed by atoms with E-state index in [1.54, 1.807) is 36.5 Å². The van der Waals surface area contributed by atoms with E-state index in [0.717, 1.165) is 42.8 Å². The minimum atomic E-state index is -5.08. The van der Waals surface area contributed by atoms with Crippen LogP contribution in [0.5, 0.6) is 5.75 Å². The molecule has 1 saturated heterocycles. The first kappa shape index (κ1) is 29.8. The van der Waals surface area contributed by atoms with Gasteiger partial charge in [-0.2, -0.15) is 13.2 Å². The number of pyridine rings is 1. The minimum Gasteiger partial charge on any atom is -0.492 e. The number of carboxylic acid groups (broad SMARTS) is 1. The number of aliphatic carboxylic acids is 1. The lowest BCUT2D eigenvalue weighted by atomic mass is 9.97. The van der Waals surface area contributed by atoms with Crippen molar-refractivity contribution in [2.75, 3.05) is 26.0 Å². The predicted octanol–water partition coefficient (Wildman–Crippen LogP) is 4.37. The summed E-state index contributed by atoms with van der Waals surface area (Å²) in [6.07, 6.45) is 1.35. The van der Waals surface area contributed by atoms with Crippen LogP contribution >= 0.6 is 0 Å². The summed E-state index contributed by atoms with van der Waals surface area (Å²) in [6, 6.07) is 10.4. The topological polar surface area (TPSA) is 114 Å². The van der Waals surface area contributed by atoms with Gasteiger partial charge < -0.3 is 14.7 Å². The number of hydrogen-bond donors (Lipinski definition) is 1. The zero-order valence-electron chi connectivity index (χ0n) is 20.7. The van der Waals surface area contributed by atoms with Crippen molar-refractivity contribution in [1.29, 1.82) is 0 Å². The van der Waals surface area contributed by atoms with Gasteiger partial charge in [-0.15, -0.1) is 0 Å². The highest BCUT2D eigenvalue weighted by molar-refractivity contribution is 7.90. The number of nitrogens with zero attached hydrogens (tertiary/aromatic N) is 2. The van der Waals surface area contributed by atoms with Crippen molar-refractivity contribution in [2.24, 2.45) is 5.92 Å². The van der Waals surface area contributed by atoms with Gasteiger partial charge in [0.15, 0.2) is 9.84 Å². The van der Waals surface area contributed by atoms with Crippen LogP contribution in [-0.2, 0) is 19.4 Å². The molecule has 1 fully saturated rings. The van der Waals surface area contributed by atoms with Crippen molar-refractivity contribution in [3.05, 3.63) is 54.2 Å². The van der Waals surface area contributed by atoms with E-state index in [4.69, 9.17) is 14.6 Å². The fourth-order valence-electron chi connectivity index (χ4n) is 3.38. The highest BCUT2D eigenvalue weighted by Gasteiger charge is 2.38.